The van der Waals surface area contributed by atoms with Crippen LogP contribution < -0.4 is 10.1 Å². The standard InChI is InChI=1S/C18H18N4O3S2/c1-24-13-6-4-11(5-7-13)16-19-12(10-26-16)9-15(23)20-18-22-21-17(27-18)14-3-2-8-25-14/h4-7,10,14H,2-3,8-9H2,1H3,(H,20,22,23)/t14-/m0/s1. The quantitative estimate of drug-likeness (QED) is 0.677. The van der Waals surface area contributed by atoms with Gasteiger partial charge in [-0.1, -0.05) is 11.3 Å². The number of ether oxygens (including phenoxy) is 2. The van der Waals surface area contributed by atoms with Crippen molar-refractivity contribution in [1.29, 1.82) is 0 Å². The van der Waals surface area contributed by atoms with Crippen molar-refractivity contribution in [1.82, 2.24) is 15.2 Å². The first-order valence-corrected chi connectivity index (χ1v) is 10.2. The van der Waals surface area contributed by atoms with Gasteiger partial charge in [-0.25, -0.2) is 4.98 Å². The number of rotatable bonds is 6. The lowest BCUT2D eigenvalue weighted by molar-refractivity contribution is -0.115. The number of hydrogen-bond donors (Lipinski definition) is 1. The molecule has 0 aliphatic carbocycles. The molecule has 1 saturated heterocycles. The second-order valence-corrected chi connectivity index (χ2v) is 7.91. The van der Waals surface area contributed by atoms with E-state index < -0.39 is 0 Å². The van der Waals surface area contributed by atoms with Gasteiger partial charge in [0.15, 0.2) is 0 Å². The van der Waals surface area contributed by atoms with E-state index in [2.05, 4.69) is 20.5 Å². The van der Waals surface area contributed by atoms with E-state index in [1.807, 2.05) is 29.6 Å². The van der Waals surface area contributed by atoms with Gasteiger partial charge in [-0.15, -0.1) is 21.5 Å². The lowest BCUT2D eigenvalue weighted by Gasteiger charge is -2.02. The summed E-state index contributed by atoms with van der Waals surface area (Å²) < 4.78 is 10.8. The summed E-state index contributed by atoms with van der Waals surface area (Å²) in [7, 11) is 1.64. The topological polar surface area (TPSA) is 86.2 Å². The fourth-order valence-electron chi connectivity index (χ4n) is 2.77. The van der Waals surface area contributed by atoms with E-state index in [1.165, 1.54) is 22.7 Å². The molecule has 27 heavy (non-hydrogen) atoms. The van der Waals surface area contributed by atoms with Crippen LogP contribution in [0.1, 0.15) is 29.6 Å². The highest BCUT2D eigenvalue weighted by atomic mass is 32.1. The number of nitrogens with zero attached hydrogens (tertiary/aromatic N) is 3. The van der Waals surface area contributed by atoms with Gasteiger partial charge in [-0.3, -0.25) is 4.79 Å². The van der Waals surface area contributed by atoms with Crippen LogP contribution in [0.4, 0.5) is 5.13 Å². The molecule has 7 nitrogen and oxygen atoms in total. The molecule has 0 bridgehead atoms. The molecule has 3 heterocycles. The van der Waals surface area contributed by atoms with Crippen LogP contribution in [-0.2, 0) is 16.0 Å². The Morgan fingerprint density at radius 3 is 2.93 bits per heavy atom. The first kappa shape index (κ1) is 18.0. The molecular formula is C18H18N4O3S2. The van der Waals surface area contributed by atoms with Crippen molar-refractivity contribution in [2.45, 2.75) is 25.4 Å². The van der Waals surface area contributed by atoms with Crippen LogP contribution in [0.2, 0.25) is 0 Å². The summed E-state index contributed by atoms with van der Waals surface area (Å²) >= 11 is 2.88. The molecule has 1 N–H and O–H groups in total. The Balaban J connectivity index is 1.36. The Labute approximate surface area is 164 Å². The molecule has 1 aliphatic rings. The third-order valence-corrected chi connectivity index (χ3v) is 5.99. The van der Waals surface area contributed by atoms with Crippen molar-refractivity contribution in [3.8, 4) is 16.3 Å². The predicted molar refractivity (Wildman–Crippen MR) is 104 cm³/mol. The van der Waals surface area contributed by atoms with Crippen molar-refractivity contribution >= 4 is 33.7 Å². The van der Waals surface area contributed by atoms with Gasteiger partial charge in [0.25, 0.3) is 0 Å². The Morgan fingerprint density at radius 2 is 2.19 bits per heavy atom. The second-order valence-electron chi connectivity index (χ2n) is 6.04. The summed E-state index contributed by atoms with van der Waals surface area (Å²) in [5, 5.41) is 15.0. The molecule has 9 heteroatoms. The van der Waals surface area contributed by atoms with Crippen molar-refractivity contribution in [2.75, 3.05) is 19.0 Å². The Morgan fingerprint density at radius 1 is 1.33 bits per heavy atom. The smallest absolute Gasteiger partial charge is 0.232 e. The van der Waals surface area contributed by atoms with Crippen LogP contribution in [0.25, 0.3) is 10.6 Å². The lowest BCUT2D eigenvalue weighted by atomic mass is 10.2. The number of aromatic nitrogens is 3. The maximum absolute atomic E-state index is 12.3. The number of carbonyl (C=O) groups is 1. The normalized spacial score (nSPS) is 16.4. The summed E-state index contributed by atoms with van der Waals surface area (Å²) in [6, 6.07) is 7.69. The van der Waals surface area contributed by atoms with Crippen LogP contribution in [0.5, 0.6) is 5.75 Å². The van der Waals surface area contributed by atoms with E-state index in [4.69, 9.17) is 9.47 Å². The fraction of sp³-hybridized carbons (Fsp3) is 0.333. The number of thiazole rings is 1. The van der Waals surface area contributed by atoms with E-state index >= 15 is 0 Å². The van der Waals surface area contributed by atoms with Gasteiger partial charge in [0.1, 0.15) is 21.9 Å². The first-order chi connectivity index (χ1) is 13.2. The van der Waals surface area contributed by atoms with E-state index in [1.54, 1.807) is 7.11 Å². The maximum Gasteiger partial charge on any atom is 0.232 e. The van der Waals surface area contributed by atoms with Gasteiger partial charge in [0.2, 0.25) is 11.0 Å². The summed E-state index contributed by atoms with van der Waals surface area (Å²) in [5.41, 5.74) is 1.73. The van der Waals surface area contributed by atoms with Crippen LogP contribution in [0.3, 0.4) is 0 Å². The molecule has 1 atom stereocenters. The van der Waals surface area contributed by atoms with Crippen molar-refractivity contribution in [3.05, 3.63) is 40.3 Å². The van der Waals surface area contributed by atoms with E-state index in [9.17, 15) is 4.79 Å². The van der Waals surface area contributed by atoms with Crippen molar-refractivity contribution < 1.29 is 14.3 Å². The zero-order chi connectivity index (χ0) is 18.6. The SMILES string of the molecule is COc1ccc(-c2nc(CC(=O)Nc3nnc([C@@H]4CCCO4)s3)cs2)cc1. The summed E-state index contributed by atoms with van der Waals surface area (Å²) in [5.74, 6) is 0.644. The number of carbonyl (C=O) groups excluding carboxylic acids is 1. The molecule has 0 saturated carbocycles. The third kappa shape index (κ3) is 4.32. The number of benzene rings is 1. The Bertz CT molecular complexity index is 917. The molecule has 1 aliphatic heterocycles. The molecule has 3 aromatic rings. The van der Waals surface area contributed by atoms with E-state index in [0.717, 1.165) is 46.5 Å². The first-order valence-electron chi connectivity index (χ1n) is 8.55. The Hall–Kier alpha value is -2.36. The molecule has 2 aromatic heterocycles. The predicted octanol–water partition coefficient (Wildman–Crippen LogP) is 3.70. The summed E-state index contributed by atoms with van der Waals surface area (Å²) in [4.78, 5) is 16.8. The van der Waals surface area contributed by atoms with Crippen LogP contribution in [0.15, 0.2) is 29.6 Å². The minimum atomic E-state index is -0.156. The Kier molecular flexibility index (Phi) is 5.42. The van der Waals surface area contributed by atoms with Gasteiger partial charge in [0.05, 0.1) is 19.2 Å². The summed E-state index contributed by atoms with van der Waals surface area (Å²) in [6.07, 6.45) is 2.20. The van der Waals surface area contributed by atoms with E-state index in [0.29, 0.717) is 5.13 Å². The fourth-order valence-corrected chi connectivity index (χ4v) is 4.44. The van der Waals surface area contributed by atoms with Crippen molar-refractivity contribution in [2.24, 2.45) is 0 Å². The maximum atomic E-state index is 12.3. The highest BCUT2D eigenvalue weighted by Gasteiger charge is 2.22. The number of amides is 1. The molecule has 1 amide bonds. The molecule has 140 valence electrons. The van der Waals surface area contributed by atoms with E-state index in [-0.39, 0.29) is 18.4 Å². The molecule has 4 rings (SSSR count). The van der Waals surface area contributed by atoms with Gasteiger partial charge >= 0.3 is 0 Å². The second kappa shape index (κ2) is 8.12. The zero-order valence-electron chi connectivity index (χ0n) is 14.7. The van der Waals surface area contributed by atoms with Gasteiger partial charge in [-0.05, 0) is 37.1 Å². The number of nitrogens with one attached hydrogen (secondary N) is 1. The number of anilines is 1. The molecular weight excluding hydrogens is 384 g/mol. The molecule has 0 unspecified atom stereocenters. The largest absolute Gasteiger partial charge is 0.497 e. The average Bonchev–Trinajstić information content (AvgIpc) is 3.43. The summed E-state index contributed by atoms with van der Waals surface area (Å²) in [6.45, 7) is 0.756. The van der Waals surface area contributed by atoms with Crippen molar-refractivity contribution in [3.63, 3.8) is 0 Å². The number of methoxy groups -OCH3 is 1. The highest BCUT2D eigenvalue weighted by molar-refractivity contribution is 7.15. The highest BCUT2D eigenvalue weighted by Crippen LogP contribution is 2.32. The minimum Gasteiger partial charge on any atom is -0.497 e. The van der Waals surface area contributed by atoms with Crippen LogP contribution >= 0.6 is 22.7 Å². The minimum absolute atomic E-state index is 0.0127. The lowest BCUT2D eigenvalue weighted by Crippen LogP contribution is -2.14. The number of hydrogen-bond acceptors (Lipinski definition) is 8. The van der Waals surface area contributed by atoms with Gasteiger partial charge in [0, 0.05) is 17.6 Å². The molecule has 0 radical (unpaired) electrons. The van der Waals surface area contributed by atoms with Crippen LogP contribution in [-0.4, -0.2) is 34.8 Å². The molecule has 0 spiro atoms. The monoisotopic (exact) mass is 402 g/mol. The molecule has 1 aromatic carbocycles. The van der Waals surface area contributed by atoms with Gasteiger partial charge < -0.3 is 14.8 Å². The third-order valence-electron chi connectivity index (χ3n) is 4.12. The van der Waals surface area contributed by atoms with Gasteiger partial charge in [-0.2, -0.15) is 0 Å². The van der Waals surface area contributed by atoms with Crippen LogP contribution in [0, 0.1) is 0 Å². The zero-order valence-corrected chi connectivity index (χ0v) is 16.3. The average molecular weight is 403 g/mol. The molecule has 1 fully saturated rings.